The van der Waals surface area contributed by atoms with Gasteiger partial charge in [-0.1, -0.05) is 352 Å². The van der Waals surface area contributed by atoms with Crippen molar-refractivity contribution in [2.45, 2.75) is 0 Å². The van der Waals surface area contributed by atoms with Crippen molar-refractivity contribution in [1.82, 2.24) is 0 Å². The second kappa shape index (κ2) is 34.7. The van der Waals surface area contributed by atoms with Crippen LogP contribution in [0.1, 0.15) is 22.3 Å². The van der Waals surface area contributed by atoms with E-state index in [1.54, 1.807) is 0 Å². The van der Waals surface area contributed by atoms with Crippen LogP contribution in [0.4, 0.5) is 68.2 Å². The van der Waals surface area contributed by atoms with Gasteiger partial charge < -0.3 is 19.6 Å². The molecule has 0 aromatic heterocycles. The highest BCUT2D eigenvalue weighted by Gasteiger charge is 2.20. The average molecular weight is 1530 g/mol. The van der Waals surface area contributed by atoms with Crippen LogP contribution in [-0.2, 0) is 0 Å². The van der Waals surface area contributed by atoms with Crippen LogP contribution in [0, 0.1) is 0 Å². The summed E-state index contributed by atoms with van der Waals surface area (Å²) in [6.45, 7) is 0. The maximum Gasteiger partial charge on any atom is 0.0468 e. The largest absolute Gasteiger partial charge is 0.311 e. The summed E-state index contributed by atoms with van der Waals surface area (Å²) in [6.07, 6.45) is 8.80. The molecule has 0 radical (unpaired) electrons. The molecule has 20 aromatic rings. The molecule has 0 fully saturated rings. The number of rotatable bonds is 20. The molecule has 20 aromatic carbocycles. The fraction of sp³-hybridized carbons (Fsp3) is 0. The SMILES string of the molecule is C(=C\c1ccc2cc(N(c3ccccc3)c3ccc(-c4cccc5ccccc45)cc3)ccc2c1)/c1ccc(N(c2ccccc2)c2ccc(-c3cccc4ccccc34)cc2)cc1.C(=C\c1ccc2cc(N(c3ccccc3)c3cccc(-c4ccccc4)c3)ccc2c1)/c1ccc(N(c2ccccc2)c2cccc(-c3ccccc3)c2)cc1. The molecule has 4 heteroatoms. The Kier molecular flexibility index (Phi) is 21.4. The van der Waals surface area contributed by atoms with E-state index in [4.69, 9.17) is 0 Å². The van der Waals surface area contributed by atoms with Gasteiger partial charge >= 0.3 is 0 Å². The molecule has 20 rings (SSSR count). The normalized spacial score (nSPS) is 11.3. The number of anilines is 12. The minimum Gasteiger partial charge on any atom is -0.311 e. The van der Waals surface area contributed by atoms with Gasteiger partial charge in [-0.3, -0.25) is 0 Å². The molecule has 0 N–H and O–H groups in total. The van der Waals surface area contributed by atoms with Gasteiger partial charge in [-0.05, 0) is 268 Å². The van der Waals surface area contributed by atoms with E-state index in [1.165, 1.54) is 87.6 Å². The highest BCUT2D eigenvalue weighted by atomic mass is 15.2. The maximum absolute atomic E-state index is 2.34. The lowest BCUT2D eigenvalue weighted by atomic mass is 9.98. The van der Waals surface area contributed by atoms with Crippen molar-refractivity contribution in [3.05, 3.63) is 508 Å². The van der Waals surface area contributed by atoms with E-state index >= 15 is 0 Å². The number of fused-ring (bicyclic) bond motifs is 4. The number of para-hydroxylation sites is 4. The Morgan fingerprint density at radius 3 is 0.733 bits per heavy atom. The molecule has 0 saturated carbocycles. The Bertz CT molecular complexity index is 6970. The molecule has 0 atom stereocenters. The van der Waals surface area contributed by atoms with E-state index in [9.17, 15) is 0 Å². The van der Waals surface area contributed by atoms with E-state index < -0.39 is 0 Å². The molecule has 0 unspecified atom stereocenters. The Hall–Kier alpha value is -15.9. The number of hydrogen-bond acceptors (Lipinski definition) is 4. The molecule has 120 heavy (non-hydrogen) atoms. The molecule has 568 valence electrons. The fourth-order valence-corrected chi connectivity index (χ4v) is 16.4. The lowest BCUT2D eigenvalue weighted by molar-refractivity contribution is 1.28. The summed E-state index contributed by atoms with van der Waals surface area (Å²) in [6, 6.07) is 174. The van der Waals surface area contributed by atoms with E-state index in [0.29, 0.717) is 0 Å². The first-order valence-electron chi connectivity index (χ1n) is 41.0. The van der Waals surface area contributed by atoms with Crippen LogP contribution in [-0.4, -0.2) is 0 Å². The van der Waals surface area contributed by atoms with Crippen molar-refractivity contribution in [2.24, 2.45) is 0 Å². The molecule has 0 aliphatic heterocycles. The first-order valence-corrected chi connectivity index (χ1v) is 41.0. The topological polar surface area (TPSA) is 13.0 Å². The van der Waals surface area contributed by atoms with Crippen molar-refractivity contribution in [2.75, 3.05) is 19.6 Å². The Labute approximate surface area is 702 Å². The molecular weight excluding hydrogens is 1450 g/mol. The van der Waals surface area contributed by atoms with Gasteiger partial charge in [0, 0.05) is 68.2 Å². The lowest BCUT2D eigenvalue weighted by Crippen LogP contribution is -2.09. The van der Waals surface area contributed by atoms with Crippen LogP contribution in [0.25, 0.3) is 112 Å². The lowest BCUT2D eigenvalue weighted by Gasteiger charge is -2.26. The first-order chi connectivity index (χ1) is 59.5. The summed E-state index contributed by atoms with van der Waals surface area (Å²) < 4.78 is 0. The van der Waals surface area contributed by atoms with E-state index in [-0.39, 0.29) is 0 Å². The summed E-state index contributed by atoms with van der Waals surface area (Å²) >= 11 is 0. The molecule has 0 amide bonds. The standard InChI is InChI=1S/C62H44N2.C54H40N2/c1-3-17-53(18-4-1)63(56-38-31-49(32-39-56)61-23-11-15-47-13-7-9-21-59(47)61)55-36-28-45(29-37-55)25-26-46-27-30-52-44-58(42-35-51(52)43-46)64(54-19-5-2-6-20-54)57-40-33-50(34-41-57)62-24-12-16-48-14-8-10-22-60(48)62;1-5-15-43(16-6-1)45-19-13-25-52(38-45)55(49-21-9-3-10-22-49)51-34-30-41(31-35-51)27-28-42-29-32-48-40-54(36-33-47(48)37-42)56(50-23-11-4-12-24-50)53-26-14-20-46(39-53)44-17-7-2-8-18-44/h1-44H;1-40H/b26-25+;28-27+. The minimum absolute atomic E-state index is 1.10. The van der Waals surface area contributed by atoms with Gasteiger partial charge in [-0.25, -0.2) is 0 Å². The Morgan fingerprint density at radius 1 is 0.125 bits per heavy atom. The van der Waals surface area contributed by atoms with Crippen LogP contribution in [0.5, 0.6) is 0 Å². The van der Waals surface area contributed by atoms with Gasteiger partial charge in [-0.2, -0.15) is 0 Å². The summed E-state index contributed by atoms with van der Waals surface area (Å²) in [5.41, 5.74) is 27.7. The second-order valence-corrected chi connectivity index (χ2v) is 30.1. The van der Waals surface area contributed by atoms with Crippen LogP contribution in [0.15, 0.2) is 485 Å². The predicted octanol–water partition coefficient (Wildman–Crippen LogP) is 32.9. The van der Waals surface area contributed by atoms with Gasteiger partial charge in [0.2, 0.25) is 0 Å². The minimum atomic E-state index is 1.10. The molecule has 0 aliphatic carbocycles. The number of benzene rings is 20. The van der Waals surface area contributed by atoms with Crippen LogP contribution >= 0.6 is 0 Å². The quantitative estimate of drug-likeness (QED) is 0.0705. The summed E-state index contributed by atoms with van der Waals surface area (Å²) in [7, 11) is 0. The summed E-state index contributed by atoms with van der Waals surface area (Å²) in [5.74, 6) is 0. The molecule has 0 heterocycles. The van der Waals surface area contributed by atoms with Gasteiger partial charge in [0.1, 0.15) is 0 Å². The Morgan fingerprint density at radius 2 is 0.358 bits per heavy atom. The molecule has 0 saturated heterocycles. The average Bonchev–Trinajstić information content (AvgIpc) is 0.791. The van der Waals surface area contributed by atoms with E-state index in [0.717, 1.165) is 90.5 Å². The number of nitrogens with zero attached hydrogens (tertiary/aromatic N) is 4. The maximum atomic E-state index is 2.34. The van der Waals surface area contributed by atoms with Gasteiger partial charge in [0.15, 0.2) is 0 Å². The van der Waals surface area contributed by atoms with Crippen molar-refractivity contribution >= 4 is 136 Å². The molecule has 4 nitrogen and oxygen atoms in total. The van der Waals surface area contributed by atoms with E-state index in [2.05, 4.69) is 529 Å². The van der Waals surface area contributed by atoms with Crippen molar-refractivity contribution < 1.29 is 0 Å². The smallest absolute Gasteiger partial charge is 0.0468 e. The first kappa shape index (κ1) is 74.2. The highest BCUT2D eigenvalue weighted by molar-refractivity contribution is 6.00. The zero-order chi connectivity index (χ0) is 80.2. The van der Waals surface area contributed by atoms with Crippen LogP contribution in [0.3, 0.4) is 0 Å². The highest BCUT2D eigenvalue weighted by Crippen LogP contribution is 2.44. The third-order valence-corrected chi connectivity index (χ3v) is 22.4. The monoisotopic (exact) mass is 1530 g/mol. The predicted molar refractivity (Wildman–Crippen MR) is 514 cm³/mol. The van der Waals surface area contributed by atoms with Crippen LogP contribution in [0.2, 0.25) is 0 Å². The molecular formula is C116H84N4. The fourth-order valence-electron chi connectivity index (χ4n) is 16.4. The van der Waals surface area contributed by atoms with E-state index in [1.807, 2.05) is 0 Å². The van der Waals surface area contributed by atoms with Gasteiger partial charge in [-0.15, -0.1) is 0 Å². The van der Waals surface area contributed by atoms with Crippen molar-refractivity contribution in [3.63, 3.8) is 0 Å². The molecule has 0 aliphatic rings. The second-order valence-electron chi connectivity index (χ2n) is 30.1. The molecule has 0 bridgehead atoms. The zero-order valence-corrected chi connectivity index (χ0v) is 66.3. The third kappa shape index (κ3) is 16.4. The van der Waals surface area contributed by atoms with Gasteiger partial charge in [0.05, 0.1) is 0 Å². The summed E-state index contributed by atoms with van der Waals surface area (Å²) in [4.78, 5) is 9.31. The Balaban J connectivity index is 0.000000160. The third-order valence-electron chi connectivity index (χ3n) is 22.4. The number of hydrogen-bond donors (Lipinski definition) is 0. The van der Waals surface area contributed by atoms with Crippen LogP contribution < -0.4 is 19.6 Å². The molecule has 0 spiro atoms. The summed E-state index contributed by atoms with van der Waals surface area (Å²) in [5, 5.41) is 9.82. The van der Waals surface area contributed by atoms with Crippen molar-refractivity contribution in [3.8, 4) is 44.5 Å². The van der Waals surface area contributed by atoms with Gasteiger partial charge in [0.25, 0.3) is 0 Å². The zero-order valence-electron chi connectivity index (χ0n) is 66.3. The van der Waals surface area contributed by atoms with Crippen molar-refractivity contribution in [1.29, 1.82) is 0 Å².